The number of ether oxygens (including phenoxy) is 3. The number of fused-ring (bicyclic) bond motifs is 5. The highest BCUT2D eigenvalue weighted by Crippen LogP contribution is 2.37. The summed E-state index contributed by atoms with van der Waals surface area (Å²) in [5.74, 6) is 2.43. The van der Waals surface area contributed by atoms with Crippen molar-refractivity contribution in [1.29, 1.82) is 0 Å². The molecule has 5 saturated heterocycles. The Balaban J connectivity index is 0.947. The predicted octanol–water partition coefficient (Wildman–Crippen LogP) is 3.77. The minimum Gasteiger partial charge on any atom is -0.491 e. The van der Waals surface area contributed by atoms with Gasteiger partial charge in [0.15, 0.2) is 0 Å². The number of hydrogen-bond donors (Lipinski definition) is 0. The van der Waals surface area contributed by atoms with E-state index >= 15 is 0 Å². The molecule has 0 aliphatic carbocycles. The highest BCUT2D eigenvalue weighted by molar-refractivity contribution is 6.34. The Hall–Kier alpha value is -3.44. The molecule has 0 spiro atoms. The molecule has 10 nitrogen and oxygen atoms in total. The van der Waals surface area contributed by atoms with Gasteiger partial charge in [-0.1, -0.05) is 17.7 Å². The number of pyridine rings is 3. The monoisotopic (exact) mass is 587 g/mol. The molecule has 9 heterocycles. The van der Waals surface area contributed by atoms with Crippen LogP contribution in [0.15, 0.2) is 55.1 Å². The lowest BCUT2D eigenvalue weighted by Crippen LogP contribution is -2.68. The molecule has 42 heavy (non-hydrogen) atoms. The Kier molecular flexibility index (Phi) is 6.66. The quantitative estimate of drug-likeness (QED) is 0.291. The molecule has 4 aromatic rings. The maximum Gasteiger partial charge on any atom is 0.212 e. The van der Waals surface area contributed by atoms with E-state index in [1.54, 1.807) is 17.8 Å². The number of anilines is 1. The topological polar surface area (TPSA) is 80.5 Å². The second-order valence-corrected chi connectivity index (χ2v) is 12.2. The first-order chi connectivity index (χ1) is 20.6. The van der Waals surface area contributed by atoms with Crippen molar-refractivity contribution in [3.8, 4) is 22.8 Å². The Morgan fingerprint density at radius 2 is 1.79 bits per heavy atom. The zero-order chi connectivity index (χ0) is 28.2. The SMILES string of the molecule is COc1ccc(CN2C3CC2CN(c2ccc(-c4cc(OCCN5C6COCC5C6)cn5ncc(Cl)c45)cn2)C3)cn1. The van der Waals surface area contributed by atoms with Crippen molar-refractivity contribution in [3.63, 3.8) is 0 Å². The third-order valence-corrected chi connectivity index (χ3v) is 9.64. The van der Waals surface area contributed by atoms with Gasteiger partial charge in [0.1, 0.15) is 18.2 Å². The fourth-order valence-corrected chi connectivity index (χ4v) is 7.34. The number of piperazine rings is 1. The summed E-state index contributed by atoms with van der Waals surface area (Å²) < 4.78 is 18.8. The molecule has 4 bridgehead atoms. The van der Waals surface area contributed by atoms with Gasteiger partial charge in [-0.15, -0.1) is 0 Å². The molecular formula is C31H34ClN7O3. The molecule has 5 fully saturated rings. The lowest BCUT2D eigenvalue weighted by atomic mass is 9.87. The number of aromatic nitrogens is 4. The maximum absolute atomic E-state index is 6.58. The average Bonchev–Trinajstić information content (AvgIpc) is 3.42. The number of halogens is 1. The Labute approximate surface area is 249 Å². The summed E-state index contributed by atoms with van der Waals surface area (Å²) in [5, 5.41) is 5.07. The maximum atomic E-state index is 6.58. The molecule has 4 unspecified atom stereocenters. The van der Waals surface area contributed by atoms with Gasteiger partial charge >= 0.3 is 0 Å². The Morgan fingerprint density at radius 3 is 2.50 bits per heavy atom. The van der Waals surface area contributed by atoms with Crippen LogP contribution in [0.1, 0.15) is 18.4 Å². The third-order valence-electron chi connectivity index (χ3n) is 9.36. The van der Waals surface area contributed by atoms with Crippen LogP contribution in [0.3, 0.4) is 0 Å². The van der Waals surface area contributed by atoms with Crippen molar-refractivity contribution in [2.24, 2.45) is 0 Å². The summed E-state index contributed by atoms with van der Waals surface area (Å²) in [7, 11) is 1.65. The van der Waals surface area contributed by atoms with Gasteiger partial charge < -0.3 is 19.1 Å². The van der Waals surface area contributed by atoms with Crippen molar-refractivity contribution < 1.29 is 14.2 Å². The summed E-state index contributed by atoms with van der Waals surface area (Å²) in [4.78, 5) is 16.8. The van der Waals surface area contributed by atoms with Crippen molar-refractivity contribution >= 4 is 22.9 Å². The van der Waals surface area contributed by atoms with Crippen LogP contribution in [0.4, 0.5) is 5.82 Å². The van der Waals surface area contributed by atoms with Gasteiger partial charge in [0, 0.05) is 79.9 Å². The van der Waals surface area contributed by atoms with Gasteiger partial charge in [0.2, 0.25) is 5.88 Å². The predicted molar refractivity (Wildman–Crippen MR) is 159 cm³/mol. The van der Waals surface area contributed by atoms with Crippen molar-refractivity contribution in [2.75, 3.05) is 51.5 Å². The summed E-state index contributed by atoms with van der Waals surface area (Å²) in [6.07, 6.45) is 9.92. The first-order valence-corrected chi connectivity index (χ1v) is 15.1. The molecule has 9 rings (SSSR count). The van der Waals surface area contributed by atoms with Crippen LogP contribution in [-0.2, 0) is 11.3 Å². The largest absolute Gasteiger partial charge is 0.491 e. The number of methoxy groups -OCH3 is 1. The average molecular weight is 588 g/mol. The summed E-state index contributed by atoms with van der Waals surface area (Å²) in [5.41, 5.74) is 4.02. The smallest absolute Gasteiger partial charge is 0.212 e. The number of hydrogen-bond acceptors (Lipinski definition) is 9. The zero-order valence-corrected chi connectivity index (χ0v) is 24.4. The highest BCUT2D eigenvalue weighted by Gasteiger charge is 2.45. The fraction of sp³-hybridized carbons (Fsp3) is 0.452. The molecule has 4 aromatic heterocycles. The van der Waals surface area contributed by atoms with E-state index < -0.39 is 0 Å². The van der Waals surface area contributed by atoms with Crippen LogP contribution in [0, 0.1) is 0 Å². The van der Waals surface area contributed by atoms with Gasteiger partial charge in [0.05, 0.1) is 43.3 Å². The molecule has 0 amide bonds. The van der Waals surface area contributed by atoms with E-state index in [0.717, 1.165) is 67.6 Å². The normalized spacial score (nSPS) is 25.2. The van der Waals surface area contributed by atoms with Crippen LogP contribution < -0.4 is 14.4 Å². The van der Waals surface area contributed by atoms with Crippen molar-refractivity contribution in [2.45, 2.75) is 43.6 Å². The highest BCUT2D eigenvalue weighted by atomic mass is 35.5. The molecule has 5 aliphatic heterocycles. The molecule has 218 valence electrons. The second-order valence-electron chi connectivity index (χ2n) is 11.8. The third kappa shape index (κ3) is 4.66. The second kappa shape index (κ2) is 10.7. The van der Waals surface area contributed by atoms with Gasteiger partial charge in [-0.3, -0.25) is 9.80 Å². The van der Waals surface area contributed by atoms with E-state index in [-0.39, 0.29) is 0 Å². The molecule has 0 saturated carbocycles. The minimum absolute atomic E-state index is 0.523. The van der Waals surface area contributed by atoms with E-state index in [2.05, 4.69) is 49.0 Å². The van der Waals surface area contributed by atoms with E-state index in [1.807, 2.05) is 24.7 Å². The molecular weight excluding hydrogens is 554 g/mol. The van der Waals surface area contributed by atoms with Gasteiger partial charge in [-0.25, -0.2) is 14.5 Å². The van der Waals surface area contributed by atoms with E-state index in [1.165, 1.54) is 18.4 Å². The van der Waals surface area contributed by atoms with Crippen LogP contribution >= 0.6 is 11.6 Å². The van der Waals surface area contributed by atoms with Crippen molar-refractivity contribution in [1.82, 2.24) is 29.4 Å². The molecule has 0 radical (unpaired) electrons. The molecule has 5 aliphatic rings. The Bertz CT molecular complexity index is 1550. The van der Waals surface area contributed by atoms with Crippen molar-refractivity contribution in [3.05, 3.63) is 65.7 Å². The fourth-order valence-electron chi connectivity index (χ4n) is 7.11. The van der Waals surface area contributed by atoms with Crippen LogP contribution in [0.25, 0.3) is 16.6 Å². The van der Waals surface area contributed by atoms with Crippen LogP contribution in [0.2, 0.25) is 5.02 Å². The first kappa shape index (κ1) is 26.2. The van der Waals surface area contributed by atoms with E-state index in [0.29, 0.717) is 41.7 Å². The first-order valence-electron chi connectivity index (χ1n) is 14.7. The molecule has 11 heteroatoms. The van der Waals surface area contributed by atoms with Crippen LogP contribution in [-0.4, -0.2) is 100 Å². The summed E-state index contributed by atoms with van der Waals surface area (Å²) in [6.45, 7) is 6.04. The Morgan fingerprint density at radius 1 is 0.952 bits per heavy atom. The zero-order valence-electron chi connectivity index (χ0n) is 23.6. The summed E-state index contributed by atoms with van der Waals surface area (Å²) in [6, 6.07) is 12.5. The lowest BCUT2D eigenvalue weighted by molar-refractivity contribution is -0.129. The summed E-state index contributed by atoms with van der Waals surface area (Å²) >= 11 is 6.58. The van der Waals surface area contributed by atoms with Crippen LogP contribution in [0.5, 0.6) is 11.6 Å². The van der Waals surface area contributed by atoms with Gasteiger partial charge in [0.25, 0.3) is 0 Å². The minimum atomic E-state index is 0.523. The number of nitrogens with zero attached hydrogens (tertiary/aromatic N) is 7. The van der Waals surface area contributed by atoms with Gasteiger partial charge in [-0.05, 0) is 36.6 Å². The number of piperidine rings is 1. The standard InChI is InChI=1S/C31H34ClN7O3/c1-40-30-5-2-20(11-34-30)14-38-22-8-23(38)16-36(15-22)29-4-3-21(12-33-29)27-10-26(17-39-31(27)28(32)13-35-39)42-7-6-37-24-9-25(37)19-41-18-24/h2-5,10-13,17,22-25H,6-9,14-16,18-19H2,1H3. The van der Waals surface area contributed by atoms with Gasteiger partial charge in [-0.2, -0.15) is 5.10 Å². The molecule has 0 aromatic carbocycles. The molecule has 4 atom stereocenters. The number of morpholine rings is 1. The van der Waals surface area contributed by atoms with E-state index in [4.69, 9.17) is 30.8 Å². The lowest BCUT2D eigenvalue weighted by Gasteiger charge is -2.56. The van der Waals surface area contributed by atoms with E-state index in [9.17, 15) is 0 Å². The number of rotatable bonds is 9. The molecule has 0 N–H and O–H groups in total.